The topological polar surface area (TPSA) is 35.5 Å². The molecular weight excluding hydrogens is 465 g/mol. The summed E-state index contributed by atoms with van der Waals surface area (Å²) < 4.78 is 54.7. The first-order valence-corrected chi connectivity index (χ1v) is 11.7. The quantitative estimate of drug-likeness (QED) is 0.142. The molecular formula is C30H25F3O3. The van der Waals surface area contributed by atoms with Gasteiger partial charge in [-0.1, -0.05) is 67.4 Å². The average Bonchev–Trinajstić information content (AvgIpc) is 2.88. The lowest BCUT2D eigenvalue weighted by Crippen LogP contribution is -2.09. The second-order valence-corrected chi connectivity index (χ2v) is 8.42. The number of hydrogen-bond acceptors (Lipinski definition) is 3. The van der Waals surface area contributed by atoms with E-state index in [1.165, 1.54) is 54.6 Å². The summed E-state index contributed by atoms with van der Waals surface area (Å²) in [6, 6.07) is 20.0. The first-order chi connectivity index (χ1) is 17.4. The van der Waals surface area contributed by atoms with E-state index in [1.807, 2.05) is 26.0 Å². The Bertz CT molecular complexity index is 1360. The van der Waals surface area contributed by atoms with Crippen molar-refractivity contribution in [3.05, 3.63) is 107 Å². The Balaban J connectivity index is 1.48. The van der Waals surface area contributed by atoms with E-state index in [-0.39, 0.29) is 22.4 Å². The summed E-state index contributed by atoms with van der Waals surface area (Å²) in [5.41, 5.74) is 2.35. The maximum absolute atomic E-state index is 14.9. The van der Waals surface area contributed by atoms with Crippen molar-refractivity contribution < 1.29 is 27.4 Å². The number of aryl methyl sites for hydroxylation is 1. The van der Waals surface area contributed by atoms with E-state index in [0.29, 0.717) is 23.5 Å². The molecule has 0 bridgehead atoms. The minimum absolute atomic E-state index is 0.0629. The van der Waals surface area contributed by atoms with E-state index in [0.717, 1.165) is 18.4 Å². The minimum Gasteiger partial charge on any atom is -0.493 e. The van der Waals surface area contributed by atoms with Crippen LogP contribution in [-0.4, -0.2) is 12.6 Å². The molecule has 0 radical (unpaired) electrons. The Hall–Kier alpha value is -4.06. The first kappa shape index (κ1) is 25.0. The lowest BCUT2D eigenvalue weighted by Gasteiger charge is -2.11. The molecule has 0 aliphatic heterocycles. The first-order valence-electron chi connectivity index (χ1n) is 11.7. The largest absolute Gasteiger partial charge is 0.493 e. The highest BCUT2D eigenvalue weighted by molar-refractivity contribution is 5.91. The lowest BCUT2D eigenvalue weighted by molar-refractivity contribution is 0.0727. The predicted octanol–water partition coefficient (Wildman–Crippen LogP) is 8.14. The zero-order valence-electron chi connectivity index (χ0n) is 20.0. The molecule has 0 aliphatic rings. The van der Waals surface area contributed by atoms with Crippen molar-refractivity contribution in [2.45, 2.75) is 26.7 Å². The normalized spacial score (nSPS) is 10.8. The molecule has 0 aliphatic carbocycles. The van der Waals surface area contributed by atoms with Crippen LogP contribution in [0.3, 0.4) is 0 Å². The molecule has 0 N–H and O–H groups in total. The maximum atomic E-state index is 14.9. The second kappa shape index (κ2) is 11.1. The van der Waals surface area contributed by atoms with Crippen LogP contribution in [0, 0.1) is 24.4 Å². The molecule has 4 aromatic rings. The number of carbonyl (C=O) groups excluding carboxylic acids is 1. The number of ether oxygens (including phenoxy) is 2. The standard InChI is InChI=1S/C30H25F3O3/c1-3-4-17-35-23-13-16-27(26(31)18-23)36-30(34)22-11-9-21(10-12-22)25-15-14-24(28(32)29(25)33)20-7-5-19(2)6-8-20/h5-16,18H,3-4,17H2,1-2H3. The Morgan fingerprint density at radius 1 is 0.778 bits per heavy atom. The number of halogens is 3. The fraction of sp³-hybridized carbons (Fsp3) is 0.167. The summed E-state index contributed by atoms with van der Waals surface area (Å²) in [5.74, 6) is -3.30. The number of carbonyl (C=O) groups is 1. The van der Waals surface area contributed by atoms with Crippen LogP contribution < -0.4 is 9.47 Å². The fourth-order valence-electron chi connectivity index (χ4n) is 3.66. The molecule has 0 saturated heterocycles. The van der Waals surface area contributed by atoms with Crippen LogP contribution in [0.1, 0.15) is 35.7 Å². The third kappa shape index (κ3) is 5.60. The number of unbranched alkanes of at least 4 members (excludes halogenated alkanes) is 1. The van der Waals surface area contributed by atoms with Gasteiger partial charge in [0.05, 0.1) is 12.2 Å². The van der Waals surface area contributed by atoms with Crippen LogP contribution in [0.15, 0.2) is 78.9 Å². The van der Waals surface area contributed by atoms with Gasteiger partial charge in [0.2, 0.25) is 0 Å². The molecule has 4 rings (SSSR count). The van der Waals surface area contributed by atoms with E-state index in [2.05, 4.69) is 0 Å². The van der Waals surface area contributed by atoms with Gasteiger partial charge in [0, 0.05) is 17.2 Å². The van der Waals surface area contributed by atoms with Gasteiger partial charge in [-0.2, -0.15) is 0 Å². The van der Waals surface area contributed by atoms with Crippen LogP contribution in [0.2, 0.25) is 0 Å². The zero-order chi connectivity index (χ0) is 25.7. The third-order valence-corrected chi connectivity index (χ3v) is 5.75. The van der Waals surface area contributed by atoms with Gasteiger partial charge < -0.3 is 9.47 Å². The van der Waals surface area contributed by atoms with Crippen molar-refractivity contribution in [1.29, 1.82) is 0 Å². The fourth-order valence-corrected chi connectivity index (χ4v) is 3.66. The van der Waals surface area contributed by atoms with E-state index < -0.39 is 23.4 Å². The molecule has 0 saturated carbocycles. The van der Waals surface area contributed by atoms with Crippen molar-refractivity contribution in [2.75, 3.05) is 6.61 Å². The molecule has 0 fully saturated rings. The van der Waals surface area contributed by atoms with Crippen molar-refractivity contribution in [3.8, 4) is 33.8 Å². The monoisotopic (exact) mass is 490 g/mol. The molecule has 0 atom stereocenters. The number of rotatable bonds is 8. The van der Waals surface area contributed by atoms with Gasteiger partial charge in [-0.05, 0) is 48.7 Å². The minimum atomic E-state index is -0.980. The van der Waals surface area contributed by atoms with Gasteiger partial charge in [0.1, 0.15) is 5.75 Å². The number of hydrogen-bond donors (Lipinski definition) is 0. The average molecular weight is 491 g/mol. The number of benzene rings is 4. The SMILES string of the molecule is CCCCOc1ccc(OC(=O)c2ccc(-c3ccc(-c4ccc(C)cc4)c(F)c3F)cc2)c(F)c1. The van der Waals surface area contributed by atoms with Gasteiger partial charge in [0.25, 0.3) is 0 Å². The Morgan fingerprint density at radius 2 is 1.36 bits per heavy atom. The molecule has 184 valence electrons. The maximum Gasteiger partial charge on any atom is 0.343 e. The summed E-state index contributed by atoms with van der Waals surface area (Å²) in [4.78, 5) is 12.5. The van der Waals surface area contributed by atoms with Gasteiger partial charge >= 0.3 is 5.97 Å². The van der Waals surface area contributed by atoms with Crippen molar-refractivity contribution in [3.63, 3.8) is 0 Å². The summed E-state index contributed by atoms with van der Waals surface area (Å²) >= 11 is 0. The molecule has 36 heavy (non-hydrogen) atoms. The molecule has 6 heteroatoms. The molecule has 0 unspecified atom stereocenters. The lowest BCUT2D eigenvalue weighted by atomic mass is 9.98. The van der Waals surface area contributed by atoms with Crippen LogP contribution in [-0.2, 0) is 0 Å². The highest BCUT2D eigenvalue weighted by Gasteiger charge is 2.17. The summed E-state index contributed by atoms with van der Waals surface area (Å²) in [6.07, 6.45) is 1.80. The molecule has 0 heterocycles. The smallest absolute Gasteiger partial charge is 0.343 e. The van der Waals surface area contributed by atoms with Gasteiger partial charge in [0.15, 0.2) is 23.2 Å². The molecule has 0 amide bonds. The van der Waals surface area contributed by atoms with E-state index in [9.17, 15) is 18.0 Å². The van der Waals surface area contributed by atoms with Crippen LogP contribution in [0.4, 0.5) is 13.2 Å². The third-order valence-electron chi connectivity index (χ3n) is 5.75. The summed E-state index contributed by atoms with van der Waals surface area (Å²) in [5, 5.41) is 0. The summed E-state index contributed by atoms with van der Waals surface area (Å²) in [7, 11) is 0. The number of esters is 1. The molecule has 0 spiro atoms. The molecule has 4 aromatic carbocycles. The Labute approximate surface area is 208 Å². The van der Waals surface area contributed by atoms with Crippen molar-refractivity contribution >= 4 is 5.97 Å². The van der Waals surface area contributed by atoms with E-state index in [1.54, 1.807) is 12.1 Å². The van der Waals surface area contributed by atoms with E-state index >= 15 is 0 Å². The molecule has 3 nitrogen and oxygen atoms in total. The van der Waals surface area contributed by atoms with Crippen molar-refractivity contribution in [2.24, 2.45) is 0 Å². The van der Waals surface area contributed by atoms with Crippen LogP contribution >= 0.6 is 0 Å². The van der Waals surface area contributed by atoms with Gasteiger partial charge in [-0.25, -0.2) is 18.0 Å². The highest BCUT2D eigenvalue weighted by Crippen LogP contribution is 2.32. The van der Waals surface area contributed by atoms with Crippen LogP contribution in [0.5, 0.6) is 11.5 Å². The zero-order valence-corrected chi connectivity index (χ0v) is 20.0. The van der Waals surface area contributed by atoms with Gasteiger partial charge in [-0.15, -0.1) is 0 Å². The second-order valence-electron chi connectivity index (χ2n) is 8.42. The Kier molecular flexibility index (Phi) is 7.74. The van der Waals surface area contributed by atoms with Crippen LogP contribution in [0.25, 0.3) is 22.3 Å². The Morgan fingerprint density at radius 3 is 1.92 bits per heavy atom. The van der Waals surface area contributed by atoms with E-state index in [4.69, 9.17) is 9.47 Å². The summed E-state index contributed by atoms with van der Waals surface area (Å²) in [6.45, 7) is 4.41. The predicted molar refractivity (Wildman–Crippen MR) is 134 cm³/mol. The molecule has 0 aromatic heterocycles. The van der Waals surface area contributed by atoms with Crippen molar-refractivity contribution in [1.82, 2.24) is 0 Å². The van der Waals surface area contributed by atoms with Gasteiger partial charge in [-0.3, -0.25) is 0 Å². The highest BCUT2D eigenvalue weighted by atomic mass is 19.2.